The van der Waals surface area contributed by atoms with Crippen LogP contribution in [0, 0.1) is 17.7 Å². The highest BCUT2D eigenvalue weighted by Gasteiger charge is 2.21. The number of aromatic nitrogens is 1. The molecule has 4 heteroatoms. The third kappa shape index (κ3) is 2.95. The number of benzene rings is 1. The number of nitrogens with zero attached hydrogens (tertiary/aromatic N) is 1. The number of hydrogen-bond acceptors (Lipinski definition) is 3. The summed E-state index contributed by atoms with van der Waals surface area (Å²) in [6.07, 6.45) is 3.60. The Balaban J connectivity index is 1.73. The molecule has 1 fully saturated rings. The summed E-state index contributed by atoms with van der Waals surface area (Å²) in [5.41, 5.74) is 0.800. The summed E-state index contributed by atoms with van der Waals surface area (Å²) in [6, 6.07) is 4.87. The van der Waals surface area contributed by atoms with Crippen LogP contribution in [-0.2, 0) is 6.42 Å². The maximum atomic E-state index is 13.2. The van der Waals surface area contributed by atoms with Crippen molar-refractivity contribution in [3.8, 4) is 0 Å². The fraction of sp³-hybridized carbons (Fsp3) is 0.533. The van der Waals surface area contributed by atoms with Gasteiger partial charge in [-0.3, -0.25) is 0 Å². The van der Waals surface area contributed by atoms with E-state index in [1.807, 2.05) is 6.07 Å². The number of hydrogen-bond donors (Lipinski definition) is 1. The monoisotopic (exact) mass is 278 g/mol. The summed E-state index contributed by atoms with van der Waals surface area (Å²) in [5, 5.41) is 4.61. The van der Waals surface area contributed by atoms with E-state index >= 15 is 0 Å². The quantitative estimate of drug-likeness (QED) is 0.927. The lowest BCUT2D eigenvalue weighted by molar-refractivity contribution is 0.279. The van der Waals surface area contributed by atoms with Crippen molar-refractivity contribution >= 4 is 21.6 Å². The minimum Gasteiger partial charge on any atom is -0.316 e. The molecule has 1 aromatic heterocycles. The highest BCUT2D eigenvalue weighted by atomic mass is 32.1. The number of thiazole rings is 1. The molecule has 1 aliphatic rings. The van der Waals surface area contributed by atoms with E-state index in [0.29, 0.717) is 5.92 Å². The van der Waals surface area contributed by atoms with Crippen LogP contribution in [0.5, 0.6) is 0 Å². The Morgan fingerprint density at radius 3 is 3.21 bits per heavy atom. The molecule has 1 saturated heterocycles. The van der Waals surface area contributed by atoms with Gasteiger partial charge in [-0.2, -0.15) is 0 Å². The van der Waals surface area contributed by atoms with Gasteiger partial charge >= 0.3 is 0 Å². The van der Waals surface area contributed by atoms with Gasteiger partial charge in [-0.05, 0) is 49.9 Å². The molecule has 19 heavy (non-hydrogen) atoms. The first-order valence-corrected chi connectivity index (χ1v) is 7.80. The predicted octanol–water partition coefficient (Wildman–Crippen LogP) is 3.61. The summed E-state index contributed by atoms with van der Waals surface area (Å²) < 4.78 is 14.2. The molecule has 102 valence electrons. The zero-order valence-electron chi connectivity index (χ0n) is 11.2. The van der Waals surface area contributed by atoms with Crippen molar-refractivity contribution in [1.29, 1.82) is 0 Å². The first kappa shape index (κ1) is 13.0. The molecule has 0 amide bonds. The Morgan fingerprint density at radius 2 is 2.42 bits per heavy atom. The summed E-state index contributed by atoms with van der Waals surface area (Å²) in [4.78, 5) is 4.57. The van der Waals surface area contributed by atoms with Gasteiger partial charge in [0.1, 0.15) is 5.82 Å². The van der Waals surface area contributed by atoms with Gasteiger partial charge in [-0.1, -0.05) is 6.92 Å². The molecule has 2 atom stereocenters. The smallest absolute Gasteiger partial charge is 0.125 e. The lowest BCUT2D eigenvalue weighted by atomic mass is 9.86. The second kappa shape index (κ2) is 5.55. The number of piperidine rings is 1. The van der Waals surface area contributed by atoms with Crippen LogP contribution in [0.15, 0.2) is 18.2 Å². The van der Waals surface area contributed by atoms with Gasteiger partial charge in [-0.25, -0.2) is 9.37 Å². The molecule has 1 aliphatic heterocycles. The van der Waals surface area contributed by atoms with Crippen LogP contribution in [0.2, 0.25) is 0 Å². The van der Waals surface area contributed by atoms with Crippen molar-refractivity contribution in [3.05, 3.63) is 29.0 Å². The van der Waals surface area contributed by atoms with E-state index in [9.17, 15) is 4.39 Å². The Morgan fingerprint density at radius 1 is 1.53 bits per heavy atom. The molecule has 0 aliphatic carbocycles. The van der Waals surface area contributed by atoms with Gasteiger partial charge in [0.2, 0.25) is 0 Å². The average Bonchev–Trinajstić information content (AvgIpc) is 2.81. The van der Waals surface area contributed by atoms with Crippen LogP contribution in [0.4, 0.5) is 4.39 Å². The third-order valence-corrected chi connectivity index (χ3v) is 5.09. The van der Waals surface area contributed by atoms with Crippen molar-refractivity contribution in [2.45, 2.75) is 26.2 Å². The van der Waals surface area contributed by atoms with Gasteiger partial charge in [-0.15, -0.1) is 11.3 Å². The summed E-state index contributed by atoms with van der Waals surface area (Å²) >= 11 is 1.70. The molecule has 0 radical (unpaired) electrons. The third-order valence-electron chi connectivity index (χ3n) is 4.03. The number of fused-ring (bicyclic) bond motifs is 1. The molecule has 3 rings (SSSR count). The van der Waals surface area contributed by atoms with E-state index in [2.05, 4.69) is 17.2 Å². The normalized spacial score (nSPS) is 21.7. The lowest BCUT2D eigenvalue weighted by Crippen LogP contribution is -2.33. The summed E-state index contributed by atoms with van der Waals surface area (Å²) in [7, 11) is 0. The zero-order chi connectivity index (χ0) is 13.2. The van der Waals surface area contributed by atoms with Crippen molar-refractivity contribution in [1.82, 2.24) is 10.3 Å². The van der Waals surface area contributed by atoms with E-state index in [4.69, 9.17) is 0 Å². The molecule has 2 aromatic rings. The molecule has 0 saturated carbocycles. The minimum absolute atomic E-state index is 0.200. The summed E-state index contributed by atoms with van der Waals surface area (Å²) in [5.74, 6) is 1.18. The molecule has 0 spiro atoms. The van der Waals surface area contributed by atoms with Gasteiger partial charge < -0.3 is 5.32 Å². The molecule has 2 nitrogen and oxygen atoms in total. The van der Waals surface area contributed by atoms with Crippen molar-refractivity contribution in [2.75, 3.05) is 13.1 Å². The Bertz CT molecular complexity index is 560. The molecular weight excluding hydrogens is 259 g/mol. The molecule has 2 unspecified atom stereocenters. The first-order valence-electron chi connectivity index (χ1n) is 6.98. The topological polar surface area (TPSA) is 24.9 Å². The predicted molar refractivity (Wildman–Crippen MR) is 78.0 cm³/mol. The fourth-order valence-electron chi connectivity index (χ4n) is 2.84. The van der Waals surface area contributed by atoms with Crippen LogP contribution in [-0.4, -0.2) is 18.1 Å². The minimum atomic E-state index is -0.200. The highest BCUT2D eigenvalue weighted by molar-refractivity contribution is 7.18. The standard InChI is InChI=1S/C15H19FN2S/c1-10(11-3-2-6-17-9-11)7-15-18-13-8-12(16)4-5-14(13)19-15/h4-5,8,10-11,17H,2-3,6-7,9H2,1H3. The maximum absolute atomic E-state index is 13.2. The van der Waals surface area contributed by atoms with Gasteiger partial charge in [0.25, 0.3) is 0 Å². The van der Waals surface area contributed by atoms with Crippen LogP contribution < -0.4 is 5.32 Å². The van der Waals surface area contributed by atoms with E-state index < -0.39 is 0 Å². The number of nitrogens with one attached hydrogen (secondary N) is 1. The van der Waals surface area contributed by atoms with Crippen molar-refractivity contribution < 1.29 is 4.39 Å². The van der Waals surface area contributed by atoms with Gasteiger partial charge in [0.05, 0.1) is 15.2 Å². The Kier molecular flexibility index (Phi) is 3.80. The Hall–Kier alpha value is -1.00. The van der Waals surface area contributed by atoms with E-state index in [0.717, 1.165) is 40.7 Å². The van der Waals surface area contributed by atoms with Gasteiger partial charge in [0.15, 0.2) is 0 Å². The van der Waals surface area contributed by atoms with Crippen LogP contribution in [0.25, 0.3) is 10.2 Å². The molecular formula is C15H19FN2S. The number of halogens is 1. The van der Waals surface area contributed by atoms with E-state index in [1.165, 1.54) is 25.0 Å². The van der Waals surface area contributed by atoms with Crippen molar-refractivity contribution in [2.24, 2.45) is 11.8 Å². The SMILES string of the molecule is CC(Cc1nc2cc(F)ccc2s1)C1CCCNC1. The zero-order valence-corrected chi connectivity index (χ0v) is 12.0. The Labute approximate surface area is 117 Å². The first-order chi connectivity index (χ1) is 9.22. The van der Waals surface area contributed by atoms with Crippen molar-refractivity contribution in [3.63, 3.8) is 0 Å². The molecule has 2 heterocycles. The van der Waals surface area contributed by atoms with Gasteiger partial charge in [0, 0.05) is 12.5 Å². The second-order valence-corrected chi connectivity index (χ2v) is 6.62. The summed E-state index contributed by atoms with van der Waals surface area (Å²) in [6.45, 7) is 4.59. The number of rotatable bonds is 3. The van der Waals surface area contributed by atoms with Crippen LogP contribution in [0.1, 0.15) is 24.8 Å². The molecule has 0 bridgehead atoms. The van der Waals surface area contributed by atoms with E-state index in [-0.39, 0.29) is 5.82 Å². The largest absolute Gasteiger partial charge is 0.316 e. The molecule has 1 N–H and O–H groups in total. The average molecular weight is 278 g/mol. The van der Waals surface area contributed by atoms with Crippen LogP contribution >= 0.6 is 11.3 Å². The fourth-order valence-corrected chi connectivity index (χ4v) is 3.93. The maximum Gasteiger partial charge on any atom is 0.125 e. The van der Waals surface area contributed by atoms with E-state index in [1.54, 1.807) is 11.3 Å². The second-order valence-electron chi connectivity index (χ2n) is 5.51. The van der Waals surface area contributed by atoms with Crippen LogP contribution in [0.3, 0.4) is 0 Å². The highest BCUT2D eigenvalue weighted by Crippen LogP contribution is 2.28. The lowest BCUT2D eigenvalue weighted by Gasteiger charge is -2.27. The molecule has 1 aromatic carbocycles.